The van der Waals surface area contributed by atoms with Crippen molar-refractivity contribution in [3.05, 3.63) is 41.3 Å². The summed E-state index contributed by atoms with van der Waals surface area (Å²) in [5.41, 5.74) is 10.3. The SMILES string of the molecule is Cn1cnc2c(Cl)nc3sc(-c4cccc(C(C)(C)N)c4)nc3c21. The molecule has 0 aliphatic carbocycles. The van der Waals surface area contributed by atoms with Gasteiger partial charge in [-0.05, 0) is 25.5 Å². The summed E-state index contributed by atoms with van der Waals surface area (Å²) in [5.74, 6) is 0. The molecule has 2 N–H and O–H groups in total. The van der Waals surface area contributed by atoms with Crippen LogP contribution in [0.2, 0.25) is 5.15 Å². The van der Waals surface area contributed by atoms with Gasteiger partial charge in [0.2, 0.25) is 0 Å². The number of hydrogen-bond acceptors (Lipinski definition) is 5. The summed E-state index contributed by atoms with van der Waals surface area (Å²) in [6.45, 7) is 3.98. The third-order valence-electron chi connectivity index (χ3n) is 4.02. The van der Waals surface area contributed by atoms with E-state index in [1.807, 2.05) is 43.7 Å². The first kappa shape index (κ1) is 15.5. The van der Waals surface area contributed by atoms with Crippen LogP contribution in [0.3, 0.4) is 0 Å². The molecule has 0 saturated carbocycles. The molecule has 0 bridgehead atoms. The highest BCUT2D eigenvalue weighted by Gasteiger charge is 2.18. The maximum absolute atomic E-state index is 6.27. The maximum atomic E-state index is 6.27. The predicted octanol–water partition coefficient (Wildman–Crippen LogP) is 4.09. The highest BCUT2D eigenvalue weighted by molar-refractivity contribution is 7.21. The first-order valence-corrected chi connectivity index (χ1v) is 8.71. The Kier molecular flexibility index (Phi) is 3.38. The Labute approximate surface area is 148 Å². The Morgan fingerprint density at radius 3 is 2.75 bits per heavy atom. The van der Waals surface area contributed by atoms with Crippen molar-refractivity contribution in [2.24, 2.45) is 12.8 Å². The lowest BCUT2D eigenvalue weighted by atomic mass is 9.94. The van der Waals surface area contributed by atoms with E-state index in [4.69, 9.17) is 22.3 Å². The van der Waals surface area contributed by atoms with Gasteiger partial charge in [0.1, 0.15) is 26.4 Å². The molecule has 24 heavy (non-hydrogen) atoms. The van der Waals surface area contributed by atoms with Gasteiger partial charge in [-0.1, -0.05) is 41.1 Å². The number of benzene rings is 1. The first-order valence-electron chi connectivity index (χ1n) is 7.51. The number of thiazole rings is 1. The molecule has 4 aromatic rings. The molecular weight excluding hydrogens is 342 g/mol. The van der Waals surface area contributed by atoms with Crippen LogP contribution < -0.4 is 5.73 Å². The van der Waals surface area contributed by atoms with Crippen molar-refractivity contribution in [2.75, 3.05) is 0 Å². The summed E-state index contributed by atoms with van der Waals surface area (Å²) in [6.07, 6.45) is 1.73. The van der Waals surface area contributed by atoms with Gasteiger partial charge in [-0.15, -0.1) is 0 Å². The smallest absolute Gasteiger partial charge is 0.158 e. The lowest BCUT2D eigenvalue weighted by Crippen LogP contribution is -2.28. The van der Waals surface area contributed by atoms with Gasteiger partial charge in [0.05, 0.1) is 6.33 Å². The number of rotatable bonds is 2. The van der Waals surface area contributed by atoms with Crippen molar-refractivity contribution in [1.82, 2.24) is 19.5 Å². The van der Waals surface area contributed by atoms with Crippen LogP contribution in [0, 0.1) is 0 Å². The number of aromatic nitrogens is 4. The molecule has 7 heteroatoms. The second-order valence-corrected chi connectivity index (χ2v) is 7.77. The molecule has 0 fully saturated rings. The van der Waals surface area contributed by atoms with E-state index in [9.17, 15) is 0 Å². The highest BCUT2D eigenvalue weighted by atomic mass is 35.5. The van der Waals surface area contributed by atoms with Crippen LogP contribution >= 0.6 is 22.9 Å². The predicted molar refractivity (Wildman–Crippen MR) is 99.3 cm³/mol. The fourth-order valence-electron chi connectivity index (χ4n) is 2.72. The molecule has 0 unspecified atom stereocenters. The van der Waals surface area contributed by atoms with Crippen molar-refractivity contribution in [1.29, 1.82) is 0 Å². The lowest BCUT2D eigenvalue weighted by molar-refractivity contribution is 0.554. The van der Waals surface area contributed by atoms with Gasteiger partial charge in [-0.3, -0.25) is 0 Å². The Balaban J connectivity index is 1.96. The van der Waals surface area contributed by atoms with Crippen LogP contribution in [-0.4, -0.2) is 19.5 Å². The van der Waals surface area contributed by atoms with E-state index in [2.05, 4.69) is 16.0 Å². The fourth-order valence-corrected chi connectivity index (χ4v) is 3.93. The van der Waals surface area contributed by atoms with Gasteiger partial charge in [-0.2, -0.15) is 0 Å². The second kappa shape index (κ2) is 5.24. The van der Waals surface area contributed by atoms with Gasteiger partial charge in [-0.25, -0.2) is 15.0 Å². The normalized spacial score (nSPS) is 12.4. The van der Waals surface area contributed by atoms with Gasteiger partial charge >= 0.3 is 0 Å². The number of hydrogen-bond donors (Lipinski definition) is 1. The molecule has 0 radical (unpaired) electrons. The number of halogens is 1. The summed E-state index contributed by atoms with van der Waals surface area (Å²) in [6, 6.07) is 8.16. The van der Waals surface area contributed by atoms with Gasteiger partial charge in [0.15, 0.2) is 5.15 Å². The Morgan fingerprint density at radius 2 is 2.00 bits per heavy atom. The van der Waals surface area contributed by atoms with E-state index in [0.717, 1.165) is 32.0 Å². The van der Waals surface area contributed by atoms with Crippen molar-refractivity contribution in [3.63, 3.8) is 0 Å². The zero-order chi connectivity index (χ0) is 17.1. The van der Waals surface area contributed by atoms with Crippen LogP contribution in [-0.2, 0) is 12.6 Å². The first-order chi connectivity index (χ1) is 11.3. The second-order valence-electron chi connectivity index (χ2n) is 6.43. The standard InChI is InChI=1S/C17H16ClN5S/c1-17(2,19)10-6-4-5-9(7-10)15-21-12-13-11(20-8-23(13)3)14(18)22-16(12)24-15/h4-8H,19H2,1-3H3. The fraction of sp³-hybridized carbons (Fsp3) is 0.235. The van der Waals surface area contributed by atoms with Crippen molar-refractivity contribution in [3.8, 4) is 10.6 Å². The molecular formula is C17H16ClN5S. The Bertz CT molecular complexity index is 1070. The zero-order valence-corrected chi connectivity index (χ0v) is 15.1. The van der Waals surface area contributed by atoms with E-state index in [1.165, 1.54) is 11.3 Å². The van der Waals surface area contributed by atoms with Crippen molar-refractivity contribution >= 4 is 44.3 Å². The van der Waals surface area contributed by atoms with Crippen molar-refractivity contribution < 1.29 is 0 Å². The molecule has 5 nitrogen and oxygen atoms in total. The molecule has 0 atom stereocenters. The molecule has 0 spiro atoms. The van der Waals surface area contributed by atoms with E-state index in [1.54, 1.807) is 6.33 Å². The number of aryl methyl sites for hydroxylation is 1. The summed E-state index contributed by atoms with van der Waals surface area (Å²) in [5, 5.41) is 1.30. The number of pyridine rings is 1. The van der Waals surface area contributed by atoms with Crippen LogP contribution in [0.25, 0.3) is 32.0 Å². The molecule has 0 aliphatic heterocycles. The van der Waals surface area contributed by atoms with E-state index in [-0.39, 0.29) is 0 Å². The maximum Gasteiger partial charge on any atom is 0.158 e. The molecule has 3 aromatic heterocycles. The van der Waals surface area contributed by atoms with Crippen LogP contribution in [0.4, 0.5) is 0 Å². The minimum absolute atomic E-state index is 0.399. The average molecular weight is 358 g/mol. The minimum atomic E-state index is -0.399. The number of fused-ring (bicyclic) bond motifs is 3. The van der Waals surface area contributed by atoms with E-state index >= 15 is 0 Å². The van der Waals surface area contributed by atoms with E-state index < -0.39 is 5.54 Å². The largest absolute Gasteiger partial charge is 0.332 e. The molecule has 122 valence electrons. The zero-order valence-electron chi connectivity index (χ0n) is 13.5. The Hall–Kier alpha value is -2.02. The van der Waals surface area contributed by atoms with Crippen LogP contribution in [0.15, 0.2) is 30.6 Å². The Morgan fingerprint density at radius 1 is 1.21 bits per heavy atom. The molecule has 0 saturated heterocycles. The minimum Gasteiger partial charge on any atom is -0.332 e. The third kappa shape index (κ3) is 2.38. The van der Waals surface area contributed by atoms with Crippen LogP contribution in [0.1, 0.15) is 19.4 Å². The molecule has 3 heterocycles. The van der Waals surface area contributed by atoms with Gasteiger partial charge in [0.25, 0.3) is 0 Å². The summed E-state index contributed by atoms with van der Waals surface area (Å²) in [4.78, 5) is 14.4. The monoisotopic (exact) mass is 357 g/mol. The molecule has 4 rings (SSSR count). The average Bonchev–Trinajstić information content (AvgIpc) is 3.11. The molecule has 0 aliphatic rings. The van der Waals surface area contributed by atoms with Gasteiger partial charge < -0.3 is 10.3 Å². The van der Waals surface area contributed by atoms with Crippen molar-refractivity contribution in [2.45, 2.75) is 19.4 Å². The van der Waals surface area contributed by atoms with Gasteiger partial charge in [0, 0.05) is 18.2 Å². The quantitative estimate of drug-likeness (QED) is 0.548. The number of imidazole rings is 1. The molecule has 0 amide bonds. The third-order valence-corrected chi connectivity index (χ3v) is 5.28. The lowest BCUT2D eigenvalue weighted by Gasteiger charge is -2.19. The molecule has 1 aromatic carbocycles. The topological polar surface area (TPSA) is 69.6 Å². The highest BCUT2D eigenvalue weighted by Crippen LogP contribution is 2.35. The number of nitrogens with zero attached hydrogens (tertiary/aromatic N) is 4. The van der Waals surface area contributed by atoms with Crippen LogP contribution in [0.5, 0.6) is 0 Å². The summed E-state index contributed by atoms with van der Waals surface area (Å²) >= 11 is 7.79. The van der Waals surface area contributed by atoms with E-state index in [0.29, 0.717) is 10.7 Å². The summed E-state index contributed by atoms with van der Waals surface area (Å²) in [7, 11) is 1.93. The number of nitrogens with two attached hydrogens (primary N) is 1. The summed E-state index contributed by atoms with van der Waals surface area (Å²) < 4.78 is 1.92.